The zero-order chi connectivity index (χ0) is 12.0. The molecule has 0 aliphatic rings. The number of aldehydes is 1. The van der Waals surface area contributed by atoms with Gasteiger partial charge in [0.05, 0.1) is 0 Å². The van der Waals surface area contributed by atoms with E-state index in [-0.39, 0.29) is 5.12 Å². The Morgan fingerprint density at radius 1 is 1.44 bits per heavy atom. The van der Waals surface area contributed by atoms with E-state index in [2.05, 4.69) is 0 Å². The Morgan fingerprint density at radius 2 is 2.19 bits per heavy atom. The molecule has 0 heterocycles. The number of carbonyl (C=O) groups excluding carboxylic acids is 2. The van der Waals surface area contributed by atoms with Gasteiger partial charge in [-0.25, -0.2) is 0 Å². The van der Waals surface area contributed by atoms with Gasteiger partial charge in [-0.1, -0.05) is 35.5 Å². The highest BCUT2D eigenvalue weighted by Gasteiger charge is 1.99. The Balaban J connectivity index is 2.75. The maximum atomic E-state index is 10.7. The number of benzene rings is 1. The van der Waals surface area contributed by atoms with E-state index in [0.717, 1.165) is 11.8 Å². The van der Waals surface area contributed by atoms with Crippen molar-refractivity contribution in [3.05, 3.63) is 40.4 Å². The average molecular weight is 255 g/mol. The van der Waals surface area contributed by atoms with Crippen molar-refractivity contribution in [3.8, 4) is 0 Å². The molecule has 0 aliphatic carbocycles. The maximum Gasteiger partial charge on any atom is 0.186 e. The Morgan fingerprint density at radius 3 is 2.81 bits per heavy atom. The second-order valence-electron chi connectivity index (χ2n) is 3.10. The topological polar surface area (TPSA) is 34.1 Å². The predicted octanol–water partition coefficient (Wildman–Crippen LogP) is 3.45. The third kappa shape index (κ3) is 4.21. The summed E-state index contributed by atoms with van der Waals surface area (Å²) < 4.78 is 0. The summed E-state index contributed by atoms with van der Waals surface area (Å²) in [5, 5.41) is 0.663. The molecule has 0 unspecified atom stereocenters. The monoisotopic (exact) mass is 254 g/mol. The van der Waals surface area contributed by atoms with Gasteiger partial charge >= 0.3 is 0 Å². The van der Waals surface area contributed by atoms with Crippen molar-refractivity contribution in [1.29, 1.82) is 0 Å². The third-order valence-electron chi connectivity index (χ3n) is 1.86. The Labute approximate surface area is 104 Å². The lowest BCUT2D eigenvalue weighted by Gasteiger charge is -1.99. The minimum Gasteiger partial charge on any atom is -0.298 e. The first-order valence-corrected chi connectivity index (χ1v) is 6.04. The summed E-state index contributed by atoms with van der Waals surface area (Å²) >= 11 is 7.05. The fourth-order valence-corrected chi connectivity index (χ4v) is 1.75. The van der Waals surface area contributed by atoms with Crippen LogP contribution in [-0.2, 0) is 4.79 Å². The molecule has 0 spiro atoms. The van der Waals surface area contributed by atoms with Crippen molar-refractivity contribution < 1.29 is 9.59 Å². The number of rotatable bonds is 4. The van der Waals surface area contributed by atoms with Crippen LogP contribution in [0.2, 0.25) is 5.02 Å². The first-order valence-electron chi connectivity index (χ1n) is 4.68. The largest absolute Gasteiger partial charge is 0.298 e. The van der Waals surface area contributed by atoms with Gasteiger partial charge in [0.2, 0.25) is 0 Å². The molecule has 2 nitrogen and oxygen atoms in total. The molecule has 0 N–H and O–H groups in total. The standard InChI is InChI=1S/C12H11ClO2S/c1-9(15)16-6-2-3-10-7-12(13)5-4-11(10)8-14/h2-5,7-8H,6H2,1H3. The van der Waals surface area contributed by atoms with Crippen LogP contribution in [0.25, 0.3) is 6.08 Å². The van der Waals surface area contributed by atoms with E-state index < -0.39 is 0 Å². The fourth-order valence-electron chi connectivity index (χ4n) is 1.14. The average Bonchev–Trinajstić information content (AvgIpc) is 2.24. The van der Waals surface area contributed by atoms with Crippen molar-refractivity contribution in [2.75, 3.05) is 5.75 Å². The van der Waals surface area contributed by atoms with Crippen LogP contribution in [0.5, 0.6) is 0 Å². The number of thioether (sulfide) groups is 1. The smallest absolute Gasteiger partial charge is 0.186 e. The van der Waals surface area contributed by atoms with Crippen molar-refractivity contribution in [3.63, 3.8) is 0 Å². The van der Waals surface area contributed by atoms with Crippen LogP contribution in [0, 0.1) is 0 Å². The summed E-state index contributed by atoms with van der Waals surface area (Å²) in [5.41, 5.74) is 1.36. The van der Waals surface area contributed by atoms with E-state index >= 15 is 0 Å². The minimum atomic E-state index is 0.0753. The molecular formula is C12H11ClO2S. The van der Waals surface area contributed by atoms with Crippen molar-refractivity contribution in [1.82, 2.24) is 0 Å². The molecule has 0 fully saturated rings. The number of hydrogen-bond donors (Lipinski definition) is 0. The Bertz CT molecular complexity index is 427. The zero-order valence-electron chi connectivity index (χ0n) is 8.77. The Kier molecular flexibility index (Phi) is 5.29. The van der Waals surface area contributed by atoms with Gasteiger partial charge < -0.3 is 0 Å². The molecule has 0 radical (unpaired) electrons. The normalized spacial score (nSPS) is 10.6. The second kappa shape index (κ2) is 6.51. The first kappa shape index (κ1) is 13.0. The van der Waals surface area contributed by atoms with Gasteiger partial charge in [0.25, 0.3) is 0 Å². The molecule has 0 amide bonds. The van der Waals surface area contributed by atoms with Crippen LogP contribution in [0.4, 0.5) is 0 Å². The van der Waals surface area contributed by atoms with Crippen LogP contribution < -0.4 is 0 Å². The fraction of sp³-hybridized carbons (Fsp3) is 0.167. The molecule has 1 rings (SSSR count). The quantitative estimate of drug-likeness (QED) is 0.772. The molecule has 0 bridgehead atoms. The second-order valence-corrected chi connectivity index (χ2v) is 4.73. The number of halogens is 1. The molecule has 1 aromatic rings. The minimum absolute atomic E-state index is 0.0753. The summed E-state index contributed by atoms with van der Waals surface area (Å²) in [6.07, 6.45) is 4.42. The van der Waals surface area contributed by atoms with E-state index in [9.17, 15) is 9.59 Å². The van der Waals surface area contributed by atoms with Gasteiger partial charge in [-0.05, 0) is 23.8 Å². The lowest BCUT2D eigenvalue weighted by atomic mass is 10.1. The summed E-state index contributed by atoms with van der Waals surface area (Å²) in [6, 6.07) is 5.07. The summed E-state index contributed by atoms with van der Waals surface area (Å²) in [4.78, 5) is 21.4. The van der Waals surface area contributed by atoms with E-state index in [4.69, 9.17) is 11.6 Å². The molecule has 84 valence electrons. The van der Waals surface area contributed by atoms with Crippen LogP contribution >= 0.6 is 23.4 Å². The lowest BCUT2D eigenvalue weighted by molar-refractivity contribution is -0.109. The highest BCUT2D eigenvalue weighted by atomic mass is 35.5. The Hall–Kier alpha value is -1.06. The van der Waals surface area contributed by atoms with Gasteiger partial charge in [-0.3, -0.25) is 9.59 Å². The molecule has 0 saturated heterocycles. The van der Waals surface area contributed by atoms with Gasteiger partial charge in [0.15, 0.2) is 11.4 Å². The first-order chi connectivity index (χ1) is 7.63. The molecule has 4 heteroatoms. The van der Waals surface area contributed by atoms with Crippen molar-refractivity contribution in [2.24, 2.45) is 0 Å². The number of hydrogen-bond acceptors (Lipinski definition) is 3. The van der Waals surface area contributed by atoms with Crippen LogP contribution in [-0.4, -0.2) is 17.2 Å². The lowest BCUT2D eigenvalue weighted by Crippen LogP contribution is -1.86. The molecule has 0 aliphatic heterocycles. The zero-order valence-corrected chi connectivity index (χ0v) is 10.3. The van der Waals surface area contributed by atoms with Crippen LogP contribution in [0.3, 0.4) is 0 Å². The van der Waals surface area contributed by atoms with E-state index in [1.807, 2.05) is 6.08 Å². The van der Waals surface area contributed by atoms with Gasteiger partial charge in [-0.15, -0.1) is 0 Å². The number of carbonyl (C=O) groups is 2. The summed E-state index contributed by atoms with van der Waals surface area (Å²) in [6.45, 7) is 1.52. The van der Waals surface area contributed by atoms with Crippen molar-refractivity contribution in [2.45, 2.75) is 6.92 Å². The van der Waals surface area contributed by atoms with E-state index in [1.54, 1.807) is 24.3 Å². The SMILES string of the molecule is CC(=O)SCC=Cc1cc(Cl)ccc1C=O. The predicted molar refractivity (Wildman–Crippen MR) is 69.0 cm³/mol. The summed E-state index contributed by atoms with van der Waals surface area (Å²) in [7, 11) is 0. The van der Waals surface area contributed by atoms with Gasteiger partial charge in [0.1, 0.15) is 0 Å². The molecule has 0 saturated carbocycles. The highest BCUT2D eigenvalue weighted by molar-refractivity contribution is 8.13. The van der Waals surface area contributed by atoms with Crippen LogP contribution in [0.15, 0.2) is 24.3 Å². The molecule has 1 aromatic carbocycles. The molecule has 0 aromatic heterocycles. The van der Waals surface area contributed by atoms with E-state index in [0.29, 0.717) is 16.3 Å². The molecule has 16 heavy (non-hydrogen) atoms. The summed E-state index contributed by atoms with van der Waals surface area (Å²) in [5.74, 6) is 0.597. The van der Waals surface area contributed by atoms with E-state index in [1.165, 1.54) is 18.7 Å². The van der Waals surface area contributed by atoms with Crippen molar-refractivity contribution >= 4 is 40.8 Å². The van der Waals surface area contributed by atoms with Crippen LogP contribution in [0.1, 0.15) is 22.8 Å². The molecule has 0 atom stereocenters. The molecular weight excluding hydrogens is 244 g/mol. The maximum absolute atomic E-state index is 10.7. The highest BCUT2D eigenvalue weighted by Crippen LogP contribution is 2.16. The third-order valence-corrected chi connectivity index (χ3v) is 2.86. The van der Waals surface area contributed by atoms with Gasteiger partial charge in [-0.2, -0.15) is 0 Å². The van der Waals surface area contributed by atoms with Gasteiger partial charge in [0, 0.05) is 23.3 Å².